The molecule has 1 aliphatic rings. The molecule has 0 radical (unpaired) electrons. The van der Waals surface area contributed by atoms with Crippen LogP contribution in [0.15, 0.2) is 30.6 Å². The molecular weight excluding hydrogens is 274 g/mol. The van der Waals surface area contributed by atoms with Crippen molar-refractivity contribution in [3.63, 3.8) is 0 Å². The summed E-state index contributed by atoms with van der Waals surface area (Å²) in [6, 6.07) is 5.85. The molecule has 1 fully saturated rings. The van der Waals surface area contributed by atoms with E-state index in [1.54, 1.807) is 0 Å². The van der Waals surface area contributed by atoms with Gasteiger partial charge in [0.1, 0.15) is 5.65 Å². The highest BCUT2D eigenvalue weighted by Gasteiger charge is 2.26. The molecule has 0 unspecified atom stereocenters. The third kappa shape index (κ3) is 3.49. The molecule has 0 atom stereocenters. The fourth-order valence-corrected chi connectivity index (χ4v) is 3.43. The third-order valence-electron chi connectivity index (χ3n) is 4.80. The average molecular weight is 299 g/mol. The summed E-state index contributed by atoms with van der Waals surface area (Å²) >= 11 is 0. The summed E-state index contributed by atoms with van der Waals surface area (Å²) in [6.07, 6.45) is 12.2. The lowest BCUT2D eigenvalue weighted by Gasteiger charge is -2.27. The van der Waals surface area contributed by atoms with E-state index in [1.807, 2.05) is 35.0 Å². The maximum absolute atomic E-state index is 12.4. The van der Waals surface area contributed by atoms with Crippen molar-refractivity contribution < 1.29 is 4.79 Å². The molecule has 22 heavy (non-hydrogen) atoms. The molecule has 118 valence electrons. The lowest BCUT2D eigenvalue weighted by Crippen LogP contribution is -2.27. The van der Waals surface area contributed by atoms with Crippen LogP contribution in [0.25, 0.3) is 5.65 Å². The minimum absolute atomic E-state index is 0.136. The monoisotopic (exact) mass is 299 g/mol. The second-order valence-corrected chi connectivity index (χ2v) is 6.44. The minimum Gasteiger partial charge on any atom is -0.309 e. The van der Waals surface area contributed by atoms with Crippen LogP contribution in [0.5, 0.6) is 0 Å². The second kappa shape index (κ2) is 6.95. The maximum Gasteiger partial charge on any atom is 0.228 e. The standard InChI is InChI=1S/C18H25N3O/c1-2-3-6-14-8-10-15(11-9-14)18(22)20-16-13-21-12-5-4-7-17(21)19-16/h4-5,7,12-15H,2-3,6,8-11H2,1H3,(H,20,22). The van der Waals surface area contributed by atoms with Gasteiger partial charge in [-0.2, -0.15) is 0 Å². The molecule has 3 rings (SSSR count). The van der Waals surface area contributed by atoms with Crippen LogP contribution in [0.2, 0.25) is 0 Å². The Bertz CT molecular complexity index is 593. The second-order valence-electron chi connectivity index (χ2n) is 6.44. The molecule has 1 N–H and O–H groups in total. The summed E-state index contributed by atoms with van der Waals surface area (Å²) in [5, 5.41) is 2.99. The molecule has 2 heterocycles. The summed E-state index contributed by atoms with van der Waals surface area (Å²) in [6.45, 7) is 2.24. The Morgan fingerprint density at radius 1 is 1.32 bits per heavy atom. The predicted molar refractivity (Wildman–Crippen MR) is 88.8 cm³/mol. The van der Waals surface area contributed by atoms with Crippen LogP contribution in [-0.2, 0) is 4.79 Å². The Morgan fingerprint density at radius 2 is 2.14 bits per heavy atom. The molecule has 1 amide bonds. The first-order valence-corrected chi connectivity index (χ1v) is 8.51. The van der Waals surface area contributed by atoms with E-state index < -0.39 is 0 Å². The number of hydrogen-bond donors (Lipinski definition) is 1. The first-order valence-electron chi connectivity index (χ1n) is 8.51. The van der Waals surface area contributed by atoms with E-state index in [0.717, 1.165) is 24.4 Å². The van der Waals surface area contributed by atoms with Gasteiger partial charge in [0, 0.05) is 12.1 Å². The number of rotatable bonds is 5. The van der Waals surface area contributed by atoms with E-state index in [9.17, 15) is 4.79 Å². The predicted octanol–water partition coefficient (Wildman–Crippen LogP) is 4.27. The Hall–Kier alpha value is -1.84. The van der Waals surface area contributed by atoms with Crippen molar-refractivity contribution in [2.75, 3.05) is 5.32 Å². The lowest BCUT2D eigenvalue weighted by atomic mass is 9.79. The highest BCUT2D eigenvalue weighted by molar-refractivity contribution is 5.91. The third-order valence-corrected chi connectivity index (χ3v) is 4.80. The average Bonchev–Trinajstić information content (AvgIpc) is 2.95. The number of anilines is 1. The Kier molecular flexibility index (Phi) is 4.76. The number of nitrogens with zero attached hydrogens (tertiary/aromatic N) is 2. The van der Waals surface area contributed by atoms with Crippen molar-refractivity contribution in [2.45, 2.75) is 51.9 Å². The number of amides is 1. The van der Waals surface area contributed by atoms with Crippen LogP contribution in [-0.4, -0.2) is 15.3 Å². The summed E-state index contributed by atoms with van der Waals surface area (Å²) in [5.41, 5.74) is 0.862. The highest BCUT2D eigenvalue weighted by Crippen LogP contribution is 2.32. The topological polar surface area (TPSA) is 46.4 Å². The number of imidazole rings is 1. The Morgan fingerprint density at radius 3 is 2.86 bits per heavy atom. The normalized spacial score (nSPS) is 21.9. The summed E-state index contributed by atoms with van der Waals surface area (Å²) in [5.74, 6) is 1.78. The fraction of sp³-hybridized carbons (Fsp3) is 0.556. The fourth-order valence-electron chi connectivity index (χ4n) is 3.43. The smallest absolute Gasteiger partial charge is 0.228 e. The summed E-state index contributed by atoms with van der Waals surface area (Å²) < 4.78 is 1.93. The zero-order valence-electron chi connectivity index (χ0n) is 13.3. The maximum atomic E-state index is 12.4. The van der Waals surface area contributed by atoms with Gasteiger partial charge in [-0.3, -0.25) is 4.79 Å². The van der Waals surface area contributed by atoms with Gasteiger partial charge in [-0.25, -0.2) is 4.98 Å². The highest BCUT2D eigenvalue weighted by atomic mass is 16.1. The molecule has 0 saturated heterocycles. The van der Waals surface area contributed by atoms with Crippen LogP contribution in [0.1, 0.15) is 51.9 Å². The van der Waals surface area contributed by atoms with E-state index in [1.165, 1.54) is 32.1 Å². The molecule has 0 spiro atoms. The summed E-state index contributed by atoms with van der Waals surface area (Å²) in [4.78, 5) is 16.8. The van der Waals surface area contributed by atoms with Crippen molar-refractivity contribution in [1.82, 2.24) is 9.38 Å². The molecule has 2 aromatic heterocycles. The number of pyridine rings is 1. The first kappa shape index (κ1) is 15.1. The Balaban J connectivity index is 1.54. The molecule has 0 bridgehead atoms. The van der Waals surface area contributed by atoms with Gasteiger partial charge in [0.2, 0.25) is 5.91 Å². The van der Waals surface area contributed by atoms with Crippen molar-refractivity contribution in [1.29, 1.82) is 0 Å². The number of aromatic nitrogens is 2. The van der Waals surface area contributed by atoms with Gasteiger partial charge >= 0.3 is 0 Å². The van der Waals surface area contributed by atoms with Crippen LogP contribution in [0, 0.1) is 11.8 Å². The number of hydrogen-bond acceptors (Lipinski definition) is 2. The molecule has 1 aliphatic carbocycles. The molecule has 1 saturated carbocycles. The van der Waals surface area contributed by atoms with Crippen molar-refractivity contribution in [3.8, 4) is 0 Å². The van der Waals surface area contributed by atoms with E-state index in [4.69, 9.17) is 0 Å². The van der Waals surface area contributed by atoms with E-state index in [0.29, 0.717) is 5.82 Å². The van der Waals surface area contributed by atoms with Gasteiger partial charge in [0.05, 0.1) is 6.20 Å². The van der Waals surface area contributed by atoms with E-state index >= 15 is 0 Å². The van der Waals surface area contributed by atoms with Gasteiger partial charge < -0.3 is 9.72 Å². The number of nitrogens with one attached hydrogen (secondary N) is 1. The first-order chi connectivity index (χ1) is 10.8. The van der Waals surface area contributed by atoms with Gasteiger partial charge in [0.15, 0.2) is 5.82 Å². The Labute approximate surface area is 131 Å². The van der Waals surface area contributed by atoms with Gasteiger partial charge in [-0.15, -0.1) is 0 Å². The number of unbranched alkanes of at least 4 members (excludes halogenated alkanes) is 1. The largest absolute Gasteiger partial charge is 0.309 e. The molecule has 4 heteroatoms. The van der Waals surface area contributed by atoms with Crippen molar-refractivity contribution in [2.24, 2.45) is 11.8 Å². The molecule has 0 aliphatic heterocycles. The molecule has 0 aromatic carbocycles. The lowest BCUT2D eigenvalue weighted by molar-refractivity contribution is -0.121. The van der Waals surface area contributed by atoms with E-state index in [-0.39, 0.29) is 11.8 Å². The van der Waals surface area contributed by atoms with Crippen LogP contribution in [0.3, 0.4) is 0 Å². The van der Waals surface area contributed by atoms with Gasteiger partial charge in [0.25, 0.3) is 0 Å². The zero-order chi connectivity index (χ0) is 15.4. The van der Waals surface area contributed by atoms with Gasteiger partial charge in [-0.1, -0.05) is 32.3 Å². The number of carbonyl (C=O) groups is 1. The SMILES string of the molecule is CCCCC1CCC(C(=O)Nc2cn3ccccc3n2)CC1. The number of fused-ring (bicyclic) bond motifs is 1. The minimum atomic E-state index is 0.136. The quantitative estimate of drug-likeness (QED) is 0.896. The molecule has 4 nitrogen and oxygen atoms in total. The van der Waals surface area contributed by atoms with Crippen molar-refractivity contribution in [3.05, 3.63) is 30.6 Å². The number of carbonyl (C=O) groups excluding carboxylic acids is 1. The van der Waals surface area contributed by atoms with E-state index in [2.05, 4.69) is 17.2 Å². The molecular formula is C18H25N3O. The van der Waals surface area contributed by atoms with Crippen LogP contribution in [0.4, 0.5) is 5.82 Å². The van der Waals surface area contributed by atoms with Gasteiger partial charge in [-0.05, 0) is 43.7 Å². The summed E-state index contributed by atoms with van der Waals surface area (Å²) in [7, 11) is 0. The van der Waals surface area contributed by atoms with Crippen molar-refractivity contribution >= 4 is 17.4 Å². The molecule has 2 aromatic rings. The van der Waals surface area contributed by atoms with Crippen LogP contribution < -0.4 is 5.32 Å². The van der Waals surface area contributed by atoms with Crippen LogP contribution >= 0.6 is 0 Å². The zero-order valence-corrected chi connectivity index (χ0v) is 13.3.